The molecular formula is C14H20O3. The summed E-state index contributed by atoms with van der Waals surface area (Å²) in [5.41, 5.74) is 1.90. The number of aliphatic hydroxyl groups excluding tert-OH is 1. The van der Waals surface area contributed by atoms with Crippen molar-refractivity contribution in [3.05, 3.63) is 35.4 Å². The van der Waals surface area contributed by atoms with Crippen LogP contribution in [0, 0.1) is 5.92 Å². The lowest BCUT2D eigenvalue weighted by Crippen LogP contribution is -2.23. The third kappa shape index (κ3) is 3.07. The second-order valence-corrected chi connectivity index (χ2v) is 4.04. The monoisotopic (exact) mass is 236 g/mol. The van der Waals surface area contributed by atoms with E-state index in [4.69, 9.17) is 4.74 Å². The van der Waals surface area contributed by atoms with Crippen molar-refractivity contribution in [1.82, 2.24) is 0 Å². The van der Waals surface area contributed by atoms with Gasteiger partial charge in [0.1, 0.15) is 0 Å². The maximum atomic E-state index is 11.6. The van der Waals surface area contributed by atoms with E-state index in [1.165, 1.54) is 7.11 Å². The average Bonchev–Trinajstić information content (AvgIpc) is 2.38. The fourth-order valence-corrected chi connectivity index (χ4v) is 2.03. The van der Waals surface area contributed by atoms with Gasteiger partial charge in [0.25, 0.3) is 0 Å². The summed E-state index contributed by atoms with van der Waals surface area (Å²) in [5, 5.41) is 10.3. The number of hydrogen-bond acceptors (Lipinski definition) is 3. The van der Waals surface area contributed by atoms with Crippen LogP contribution in [0.4, 0.5) is 0 Å². The summed E-state index contributed by atoms with van der Waals surface area (Å²) in [6.07, 6.45) is 0.611. The van der Waals surface area contributed by atoms with Crippen LogP contribution in [-0.4, -0.2) is 18.2 Å². The Morgan fingerprint density at radius 3 is 2.53 bits per heavy atom. The first-order chi connectivity index (χ1) is 8.15. The first-order valence-electron chi connectivity index (χ1n) is 5.99. The Kier molecular flexibility index (Phi) is 5.16. The van der Waals surface area contributed by atoms with Crippen molar-refractivity contribution in [2.45, 2.75) is 32.8 Å². The number of aliphatic hydroxyl groups is 1. The second-order valence-electron chi connectivity index (χ2n) is 4.04. The van der Waals surface area contributed by atoms with Crippen LogP contribution in [0.5, 0.6) is 0 Å². The molecule has 0 heterocycles. The summed E-state index contributed by atoms with van der Waals surface area (Å²) in [4.78, 5) is 11.6. The Morgan fingerprint density at radius 1 is 1.35 bits per heavy atom. The minimum absolute atomic E-state index is 0.356. The Labute approximate surface area is 102 Å². The molecule has 0 fully saturated rings. The predicted molar refractivity (Wildman–Crippen MR) is 66.6 cm³/mol. The van der Waals surface area contributed by atoms with E-state index in [0.717, 1.165) is 17.5 Å². The topological polar surface area (TPSA) is 46.5 Å². The molecule has 1 aromatic carbocycles. The van der Waals surface area contributed by atoms with Crippen molar-refractivity contribution >= 4 is 5.97 Å². The molecule has 1 N–H and O–H groups in total. The van der Waals surface area contributed by atoms with E-state index < -0.39 is 12.0 Å². The van der Waals surface area contributed by atoms with Crippen molar-refractivity contribution in [2.24, 2.45) is 5.92 Å². The number of benzene rings is 1. The third-order valence-corrected chi connectivity index (χ3v) is 3.08. The van der Waals surface area contributed by atoms with Gasteiger partial charge >= 0.3 is 5.97 Å². The quantitative estimate of drug-likeness (QED) is 0.799. The molecule has 0 aliphatic heterocycles. The minimum Gasteiger partial charge on any atom is -0.469 e. The zero-order valence-corrected chi connectivity index (χ0v) is 10.6. The van der Waals surface area contributed by atoms with Crippen LogP contribution in [0.15, 0.2) is 24.3 Å². The van der Waals surface area contributed by atoms with Crippen LogP contribution < -0.4 is 0 Å². The molecule has 0 aliphatic rings. The number of esters is 1. The summed E-state index contributed by atoms with van der Waals surface area (Å²) in [6, 6.07) is 7.66. The van der Waals surface area contributed by atoms with Crippen LogP contribution in [-0.2, 0) is 16.0 Å². The molecule has 0 saturated heterocycles. The Morgan fingerprint density at radius 2 is 2.00 bits per heavy atom. The predicted octanol–water partition coefficient (Wildman–Crippen LogP) is 2.48. The van der Waals surface area contributed by atoms with Gasteiger partial charge in [-0.1, -0.05) is 38.1 Å². The third-order valence-electron chi connectivity index (χ3n) is 3.08. The number of carbonyl (C=O) groups excluding carboxylic acids is 1. The Bertz CT molecular complexity index is 373. The number of ether oxygens (including phenoxy) is 1. The highest BCUT2D eigenvalue weighted by molar-refractivity contribution is 5.73. The van der Waals surface area contributed by atoms with Crippen LogP contribution in [0.3, 0.4) is 0 Å². The number of hydrogen-bond donors (Lipinski definition) is 1. The second kappa shape index (κ2) is 6.40. The van der Waals surface area contributed by atoms with Gasteiger partial charge in [0.2, 0.25) is 0 Å². The van der Waals surface area contributed by atoms with Crippen LogP contribution in [0.2, 0.25) is 0 Å². The standard InChI is InChI=1S/C14H20O3/c1-4-10-8-6-7-9-12(10)13(15)11(5-2)14(16)17-3/h6-9,11,13,15H,4-5H2,1-3H3. The molecule has 94 valence electrons. The lowest BCUT2D eigenvalue weighted by molar-refractivity contribution is -0.149. The van der Waals surface area contributed by atoms with Gasteiger partial charge in [-0.2, -0.15) is 0 Å². The first-order valence-corrected chi connectivity index (χ1v) is 5.99. The maximum absolute atomic E-state index is 11.6. The molecule has 0 aliphatic carbocycles. The van der Waals surface area contributed by atoms with Gasteiger partial charge in [-0.05, 0) is 24.0 Å². The highest BCUT2D eigenvalue weighted by atomic mass is 16.5. The minimum atomic E-state index is -0.788. The van der Waals surface area contributed by atoms with Crippen molar-refractivity contribution < 1.29 is 14.6 Å². The molecule has 2 atom stereocenters. The zero-order chi connectivity index (χ0) is 12.8. The molecular weight excluding hydrogens is 216 g/mol. The number of methoxy groups -OCH3 is 1. The van der Waals surface area contributed by atoms with Gasteiger partial charge in [0, 0.05) is 0 Å². The van der Waals surface area contributed by atoms with Crippen LogP contribution in [0.25, 0.3) is 0 Å². The normalized spacial score (nSPS) is 14.1. The molecule has 1 rings (SSSR count). The Balaban J connectivity index is 3.01. The van der Waals surface area contributed by atoms with Gasteiger partial charge in [0.15, 0.2) is 0 Å². The lowest BCUT2D eigenvalue weighted by atomic mass is 9.90. The molecule has 0 saturated carbocycles. The average molecular weight is 236 g/mol. The highest BCUT2D eigenvalue weighted by Gasteiger charge is 2.28. The number of carbonyl (C=O) groups is 1. The lowest BCUT2D eigenvalue weighted by Gasteiger charge is -2.21. The van der Waals surface area contributed by atoms with Crippen molar-refractivity contribution in [3.8, 4) is 0 Å². The SMILES string of the molecule is CCc1ccccc1C(O)C(CC)C(=O)OC. The van der Waals surface area contributed by atoms with E-state index in [2.05, 4.69) is 0 Å². The van der Waals surface area contributed by atoms with E-state index in [-0.39, 0.29) is 5.97 Å². The van der Waals surface area contributed by atoms with Crippen molar-refractivity contribution in [2.75, 3.05) is 7.11 Å². The zero-order valence-electron chi connectivity index (χ0n) is 10.6. The Hall–Kier alpha value is -1.35. The van der Waals surface area contributed by atoms with E-state index in [9.17, 15) is 9.90 Å². The smallest absolute Gasteiger partial charge is 0.311 e. The summed E-state index contributed by atoms with van der Waals surface area (Å²) in [5.74, 6) is -0.849. The fourth-order valence-electron chi connectivity index (χ4n) is 2.03. The summed E-state index contributed by atoms with van der Waals surface area (Å²) < 4.78 is 4.72. The first kappa shape index (κ1) is 13.7. The van der Waals surface area contributed by atoms with Crippen molar-refractivity contribution in [1.29, 1.82) is 0 Å². The molecule has 0 radical (unpaired) electrons. The fraction of sp³-hybridized carbons (Fsp3) is 0.500. The summed E-state index contributed by atoms with van der Waals surface area (Å²) in [6.45, 7) is 3.91. The molecule has 2 unspecified atom stereocenters. The summed E-state index contributed by atoms with van der Waals surface area (Å²) >= 11 is 0. The molecule has 3 heteroatoms. The highest BCUT2D eigenvalue weighted by Crippen LogP contribution is 2.28. The van der Waals surface area contributed by atoms with Gasteiger partial charge < -0.3 is 9.84 Å². The molecule has 0 bridgehead atoms. The molecule has 0 spiro atoms. The molecule has 0 aromatic heterocycles. The van der Waals surface area contributed by atoms with E-state index in [1.54, 1.807) is 0 Å². The molecule has 0 amide bonds. The molecule has 17 heavy (non-hydrogen) atoms. The number of aryl methyl sites for hydroxylation is 1. The molecule has 1 aromatic rings. The van der Waals surface area contributed by atoms with Crippen LogP contribution >= 0.6 is 0 Å². The van der Waals surface area contributed by atoms with E-state index >= 15 is 0 Å². The van der Waals surface area contributed by atoms with Crippen molar-refractivity contribution in [3.63, 3.8) is 0 Å². The van der Waals surface area contributed by atoms with E-state index in [0.29, 0.717) is 6.42 Å². The van der Waals surface area contributed by atoms with Gasteiger partial charge in [0.05, 0.1) is 19.1 Å². The summed E-state index contributed by atoms with van der Waals surface area (Å²) in [7, 11) is 1.35. The van der Waals surface area contributed by atoms with Gasteiger partial charge in [-0.25, -0.2) is 0 Å². The van der Waals surface area contributed by atoms with E-state index in [1.807, 2.05) is 38.1 Å². The number of rotatable bonds is 5. The van der Waals surface area contributed by atoms with Crippen LogP contribution in [0.1, 0.15) is 37.5 Å². The maximum Gasteiger partial charge on any atom is 0.311 e. The van der Waals surface area contributed by atoms with Gasteiger partial charge in [-0.3, -0.25) is 4.79 Å². The largest absolute Gasteiger partial charge is 0.469 e. The van der Waals surface area contributed by atoms with Gasteiger partial charge in [-0.15, -0.1) is 0 Å². The molecule has 3 nitrogen and oxygen atoms in total.